The minimum Gasteiger partial charge on any atom is -0.446 e. The Labute approximate surface area is 123 Å². The van der Waals surface area contributed by atoms with Crippen LogP contribution >= 0.6 is 11.6 Å². The zero-order chi connectivity index (χ0) is 15.3. The molecule has 3 rings (SSSR count). The van der Waals surface area contributed by atoms with Gasteiger partial charge in [-0.05, 0) is 18.1 Å². The normalized spacial score (nSPS) is 12.3. The molecule has 1 aromatic carbocycles. The number of ether oxygens (including phenoxy) is 2. The predicted octanol–water partition coefficient (Wildman–Crippen LogP) is 4.15. The fourth-order valence-corrected chi connectivity index (χ4v) is 2.51. The van der Waals surface area contributed by atoms with Gasteiger partial charge in [-0.2, -0.15) is 13.9 Å². The van der Waals surface area contributed by atoms with Crippen LogP contribution in [0.5, 0.6) is 17.4 Å². The predicted molar refractivity (Wildman–Crippen MR) is 69.7 cm³/mol. The van der Waals surface area contributed by atoms with Crippen LogP contribution in [0.15, 0.2) is 6.07 Å². The van der Waals surface area contributed by atoms with Crippen LogP contribution in [-0.2, 0) is 13.5 Å². The molecule has 0 fully saturated rings. The highest BCUT2D eigenvalue weighted by molar-refractivity contribution is 6.34. The summed E-state index contributed by atoms with van der Waals surface area (Å²) in [7, 11) is 1.39. The molecule has 0 radical (unpaired) electrons. The van der Waals surface area contributed by atoms with Crippen LogP contribution < -0.4 is 9.47 Å². The SMILES string of the molecule is CCc1cc2c(c(F)c1-c1nn(C)c(OC(F)F)c1Cl)O2. The lowest BCUT2D eigenvalue weighted by Crippen LogP contribution is -2.06. The molecule has 0 aliphatic carbocycles. The molecule has 1 aromatic heterocycles. The van der Waals surface area contributed by atoms with Crippen LogP contribution in [0.25, 0.3) is 11.3 Å². The maximum atomic E-state index is 14.3. The first-order valence-electron chi connectivity index (χ1n) is 6.14. The smallest absolute Gasteiger partial charge is 0.388 e. The van der Waals surface area contributed by atoms with Crippen molar-refractivity contribution in [1.82, 2.24) is 9.78 Å². The third-order valence-corrected chi connectivity index (χ3v) is 3.54. The molecule has 21 heavy (non-hydrogen) atoms. The second-order valence-corrected chi connectivity index (χ2v) is 4.86. The Bertz CT molecular complexity index is 731. The molecule has 0 N–H and O–H groups in total. The molecular formula is C13H10ClF3N2O2. The van der Waals surface area contributed by atoms with E-state index in [-0.39, 0.29) is 27.9 Å². The zero-order valence-electron chi connectivity index (χ0n) is 11.1. The third kappa shape index (κ3) is 2.21. The van der Waals surface area contributed by atoms with Crippen molar-refractivity contribution in [2.24, 2.45) is 7.05 Å². The molecule has 0 saturated carbocycles. The summed E-state index contributed by atoms with van der Waals surface area (Å²) < 4.78 is 49.5. The van der Waals surface area contributed by atoms with Crippen molar-refractivity contribution in [3.05, 3.63) is 22.5 Å². The van der Waals surface area contributed by atoms with E-state index in [0.29, 0.717) is 17.7 Å². The van der Waals surface area contributed by atoms with Crippen LogP contribution in [0.4, 0.5) is 13.2 Å². The summed E-state index contributed by atoms with van der Waals surface area (Å²) in [6.07, 6.45) is 0.515. The maximum absolute atomic E-state index is 14.3. The van der Waals surface area contributed by atoms with Crippen LogP contribution in [0, 0.1) is 5.82 Å². The Kier molecular flexibility index (Phi) is 3.24. The van der Waals surface area contributed by atoms with Gasteiger partial charge in [0.2, 0.25) is 11.6 Å². The number of rotatable bonds is 4. The highest BCUT2D eigenvalue weighted by atomic mass is 35.5. The van der Waals surface area contributed by atoms with Crippen molar-refractivity contribution in [3.8, 4) is 28.6 Å². The summed E-state index contributed by atoms with van der Waals surface area (Å²) in [6.45, 7) is -1.21. The number of fused-ring (bicyclic) bond motifs is 1. The molecule has 4 nitrogen and oxygen atoms in total. The van der Waals surface area contributed by atoms with Gasteiger partial charge in [0.15, 0.2) is 11.6 Å². The topological polar surface area (TPSA) is 39.6 Å². The summed E-state index contributed by atoms with van der Waals surface area (Å²) in [5, 5.41) is 3.84. The Morgan fingerprint density at radius 1 is 1.48 bits per heavy atom. The molecule has 2 aromatic rings. The van der Waals surface area contributed by atoms with Crippen molar-refractivity contribution in [2.75, 3.05) is 0 Å². The molecule has 0 bridgehead atoms. The van der Waals surface area contributed by atoms with E-state index in [1.165, 1.54) is 7.05 Å². The molecule has 1 aliphatic rings. The minimum absolute atomic E-state index is 0.0578. The zero-order valence-corrected chi connectivity index (χ0v) is 11.8. The van der Waals surface area contributed by atoms with Gasteiger partial charge in [-0.25, -0.2) is 9.07 Å². The quantitative estimate of drug-likeness (QED) is 0.678. The van der Waals surface area contributed by atoms with Crippen molar-refractivity contribution < 1.29 is 22.6 Å². The lowest BCUT2D eigenvalue weighted by atomic mass is 10.0. The van der Waals surface area contributed by atoms with Crippen LogP contribution in [0.1, 0.15) is 12.5 Å². The van der Waals surface area contributed by atoms with E-state index in [4.69, 9.17) is 16.3 Å². The van der Waals surface area contributed by atoms with E-state index in [0.717, 1.165) is 4.68 Å². The van der Waals surface area contributed by atoms with Crippen molar-refractivity contribution in [3.63, 3.8) is 0 Å². The highest BCUT2D eigenvalue weighted by Crippen LogP contribution is 2.53. The fraction of sp³-hybridized carbons (Fsp3) is 0.308. The number of hydrogen-bond donors (Lipinski definition) is 0. The average Bonchev–Trinajstić information content (AvgIpc) is 3.16. The van der Waals surface area contributed by atoms with Crippen molar-refractivity contribution in [1.29, 1.82) is 0 Å². The number of benzene rings is 1. The molecule has 0 atom stereocenters. The fourth-order valence-electron chi connectivity index (χ4n) is 2.21. The average molecular weight is 319 g/mol. The minimum atomic E-state index is -3.04. The van der Waals surface area contributed by atoms with E-state index in [2.05, 4.69) is 9.84 Å². The summed E-state index contributed by atoms with van der Waals surface area (Å²) in [5.41, 5.74) is 0.841. The van der Waals surface area contributed by atoms with Crippen molar-refractivity contribution in [2.45, 2.75) is 20.0 Å². The van der Waals surface area contributed by atoms with Crippen LogP contribution in [-0.4, -0.2) is 16.4 Å². The number of aromatic nitrogens is 2. The molecule has 0 spiro atoms. The Morgan fingerprint density at radius 2 is 2.19 bits per heavy atom. The summed E-state index contributed by atoms with van der Waals surface area (Å²) in [4.78, 5) is 0. The highest BCUT2D eigenvalue weighted by Gasteiger charge is 2.33. The van der Waals surface area contributed by atoms with Gasteiger partial charge in [0.25, 0.3) is 0 Å². The number of hydrogen-bond acceptors (Lipinski definition) is 3. The van der Waals surface area contributed by atoms with Crippen molar-refractivity contribution >= 4 is 11.6 Å². The van der Waals surface area contributed by atoms with Gasteiger partial charge in [0, 0.05) is 12.6 Å². The van der Waals surface area contributed by atoms with Gasteiger partial charge in [-0.15, -0.1) is 0 Å². The first-order valence-corrected chi connectivity index (χ1v) is 6.52. The third-order valence-electron chi connectivity index (χ3n) is 3.20. The Balaban J connectivity index is 2.17. The van der Waals surface area contributed by atoms with Crippen LogP contribution in [0.3, 0.4) is 0 Å². The van der Waals surface area contributed by atoms with Gasteiger partial charge >= 0.3 is 6.61 Å². The summed E-state index contributed by atoms with van der Waals surface area (Å²) in [6, 6.07) is 1.69. The molecule has 2 heterocycles. The monoisotopic (exact) mass is 318 g/mol. The first-order chi connectivity index (χ1) is 9.93. The standard InChI is InChI=1S/C13H10ClF3N2O2/c1-3-5-4-6-11(20-6)9(15)7(5)10-8(14)12(19(2)18-10)21-13(16)17/h4,13H,3H2,1-2H3. The van der Waals surface area contributed by atoms with E-state index in [1.807, 2.05) is 6.92 Å². The van der Waals surface area contributed by atoms with Gasteiger partial charge in [0.05, 0.1) is 0 Å². The molecule has 112 valence electrons. The first kappa shape index (κ1) is 14.1. The second kappa shape index (κ2) is 4.84. The second-order valence-electron chi connectivity index (χ2n) is 4.48. The number of nitrogens with zero attached hydrogens (tertiary/aromatic N) is 2. The van der Waals surface area contributed by atoms with Gasteiger partial charge in [0.1, 0.15) is 10.7 Å². The Morgan fingerprint density at radius 3 is 2.81 bits per heavy atom. The Hall–Kier alpha value is -1.89. The van der Waals surface area contributed by atoms with E-state index in [9.17, 15) is 13.2 Å². The van der Waals surface area contributed by atoms with E-state index >= 15 is 0 Å². The number of halogens is 4. The molecule has 0 unspecified atom stereocenters. The summed E-state index contributed by atoms with van der Waals surface area (Å²) >= 11 is 6.03. The van der Waals surface area contributed by atoms with Crippen LogP contribution in [0.2, 0.25) is 5.02 Å². The number of alkyl halides is 2. The molecular weight excluding hydrogens is 309 g/mol. The van der Waals surface area contributed by atoms with Gasteiger partial charge < -0.3 is 9.47 Å². The summed E-state index contributed by atoms with van der Waals surface area (Å²) in [5.74, 6) is -0.286. The molecule has 0 saturated heterocycles. The van der Waals surface area contributed by atoms with Gasteiger partial charge in [-0.3, -0.25) is 0 Å². The van der Waals surface area contributed by atoms with E-state index < -0.39 is 12.4 Å². The molecule has 1 aliphatic heterocycles. The molecule has 8 heteroatoms. The lowest BCUT2D eigenvalue weighted by molar-refractivity contribution is -0.0552. The van der Waals surface area contributed by atoms with Gasteiger partial charge in [-0.1, -0.05) is 18.5 Å². The largest absolute Gasteiger partial charge is 0.446 e. The number of aryl methyl sites for hydroxylation is 2. The molecule has 0 amide bonds. The maximum Gasteiger partial charge on any atom is 0.388 e. The van der Waals surface area contributed by atoms with E-state index in [1.54, 1.807) is 6.07 Å². The lowest BCUT2D eigenvalue weighted by Gasteiger charge is -2.05.